The van der Waals surface area contributed by atoms with Gasteiger partial charge in [0.25, 0.3) is 0 Å². The highest BCUT2D eigenvalue weighted by Gasteiger charge is 2.40. The van der Waals surface area contributed by atoms with Gasteiger partial charge >= 0.3 is 0 Å². The Kier molecular flexibility index (Phi) is 6.64. The SMILES string of the molecule is CC(C)(C)[S@@](=O)N[C@](C)(CO[Si](C)(C)C(C)(C)C)c1ccccc1. The second-order valence-corrected chi connectivity index (χ2v) is 16.0. The summed E-state index contributed by atoms with van der Waals surface area (Å²) in [5.41, 5.74) is 0.607. The Labute approximate surface area is 152 Å². The van der Waals surface area contributed by atoms with Crippen molar-refractivity contribution in [3.05, 3.63) is 35.9 Å². The molecule has 0 saturated carbocycles. The first-order valence-corrected chi connectivity index (χ1v) is 12.6. The molecule has 5 heteroatoms. The lowest BCUT2D eigenvalue weighted by atomic mass is 9.94. The molecular weight excluding hydrogens is 334 g/mol. The minimum absolute atomic E-state index is 0.147. The Hall–Kier alpha value is -0.493. The van der Waals surface area contributed by atoms with Crippen molar-refractivity contribution in [2.75, 3.05) is 6.61 Å². The highest BCUT2D eigenvalue weighted by atomic mass is 32.2. The molecule has 0 saturated heterocycles. The van der Waals surface area contributed by atoms with Crippen molar-refractivity contribution in [2.24, 2.45) is 0 Å². The Balaban J connectivity index is 3.10. The van der Waals surface area contributed by atoms with Gasteiger partial charge < -0.3 is 4.43 Å². The summed E-state index contributed by atoms with van der Waals surface area (Å²) in [7, 11) is -3.05. The van der Waals surface area contributed by atoms with E-state index < -0.39 is 24.8 Å². The van der Waals surface area contributed by atoms with Crippen molar-refractivity contribution in [3.8, 4) is 0 Å². The molecule has 0 spiro atoms. The van der Waals surface area contributed by atoms with Crippen LogP contribution >= 0.6 is 0 Å². The van der Waals surface area contributed by atoms with Crippen molar-refractivity contribution in [3.63, 3.8) is 0 Å². The minimum atomic E-state index is -1.88. The number of hydrogen-bond acceptors (Lipinski definition) is 2. The van der Waals surface area contributed by atoms with E-state index in [9.17, 15) is 4.21 Å². The smallest absolute Gasteiger partial charge is 0.192 e. The first-order chi connectivity index (χ1) is 10.7. The van der Waals surface area contributed by atoms with Gasteiger partial charge in [0, 0.05) is 0 Å². The van der Waals surface area contributed by atoms with Crippen molar-refractivity contribution in [2.45, 2.75) is 76.9 Å². The fourth-order valence-corrected chi connectivity index (χ4v) is 3.85. The molecule has 0 radical (unpaired) electrons. The number of hydrogen-bond donors (Lipinski definition) is 1. The first kappa shape index (κ1) is 21.5. The monoisotopic (exact) mass is 369 g/mol. The van der Waals surface area contributed by atoms with Gasteiger partial charge in [-0.25, -0.2) is 8.93 Å². The molecule has 0 bridgehead atoms. The second kappa shape index (κ2) is 7.40. The van der Waals surface area contributed by atoms with Crippen molar-refractivity contribution < 1.29 is 8.63 Å². The third kappa shape index (κ3) is 5.51. The van der Waals surface area contributed by atoms with Gasteiger partial charge in [0.05, 0.1) is 27.9 Å². The van der Waals surface area contributed by atoms with Crippen molar-refractivity contribution in [1.82, 2.24) is 4.72 Å². The van der Waals surface area contributed by atoms with Gasteiger partial charge in [-0.2, -0.15) is 0 Å². The summed E-state index contributed by atoms with van der Waals surface area (Å²) in [6, 6.07) is 10.2. The van der Waals surface area contributed by atoms with Gasteiger partial charge in [0.2, 0.25) is 0 Å². The van der Waals surface area contributed by atoms with Crippen LogP contribution in [0, 0.1) is 0 Å². The largest absolute Gasteiger partial charge is 0.415 e. The maximum Gasteiger partial charge on any atom is 0.192 e. The Morgan fingerprint density at radius 3 is 1.92 bits per heavy atom. The molecule has 1 aromatic rings. The predicted octanol–water partition coefficient (Wildman–Crippen LogP) is 4.98. The van der Waals surface area contributed by atoms with Crippen molar-refractivity contribution in [1.29, 1.82) is 0 Å². The molecule has 1 aromatic carbocycles. The lowest BCUT2D eigenvalue weighted by molar-refractivity contribution is 0.200. The maximum atomic E-state index is 12.7. The summed E-state index contributed by atoms with van der Waals surface area (Å²) >= 11 is 0. The van der Waals surface area contributed by atoms with E-state index in [2.05, 4.69) is 57.6 Å². The maximum absolute atomic E-state index is 12.7. The fraction of sp³-hybridized carbons (Fsp3) is 0.684. The van der Waals surface area contributed by atoms with Crippen LogP contribution in [0.4, 0.5) is 0 Å². The third-order valence-electron chi connectivity index (χ3n) is 4.81. The Morgan fingerprint density at radius 1 is 1.00 bits per heavy atom. The highest BCUT2D eigenvalue weighted by Crippen LogP contribution is 2.38. The van der Waals surface area contributed by atoms with Crippen LogP contribution in [0.15, 0.2) is 30.3 Å². The van der Waals surface area contributed by atoms with E-state index in [1.165, 1.54) is 0 Å². The molecule has 0 aliphatic carbocycles. The average molecular weight is 370 g/mol. The zero-order chi connectivity index (χ0) is 18.8. The van der Waals surface area contributed by atoms with E-state index in [0.29, 0.717) is 6.61 Å². The normalized spacial score (nSPS) is 17.4. The van der Waals surface area contributed by atoms with E-state index >= 15 is 0 Å². The molecule has 0 aliphatic rings. The molecule has 0 fully saturated rings. The van der Waals surface area contributed by atoms with Crippen molar-refractivity contribution >= 4 is 19.3 Å². The number of rotatable bonds is 6. The molecule has 0 amide bonds. The van der Waals surface area contributed by atoms with Crippen LogP contribution in [0.3, 0.4) is 0 Å². The lowest BCUT2D eigenvalue weighted by Gasteiger charge is -2.41. The Bertz CT molecular complexity index is 561. The topological polar surface area (TPSA) is 38.3 Å². The van der Waals surface area contributed by atoms with Crippen LogP contribution in [-0.4, -0.2) is 23.9 Å². The minimum Gasteiger partial charge on any atom is -0.415 e. The molecule has 138 valence electrons. The van der Waals surface area contributed by atoms with E-state index in [-0.39, 0.29) is 9.79 Å². The van der Waals surface area contributed by atoms with Crippen LogP contribution in [0.25, 0.3) is 0 Å². The average Bonchev–Trinajstić information content (AvgIpc) is 2.44. The molecule has 24 heavy (non-hydrogen) atoms. The quantitative estimate of drug-likeness (QED) is 0.719. The van der Waals surface area contributed by atoms with Gasteiger partial charge in [0.15, 0.2) is 8.32 Å². The Morgan fingerprint density at radius 2 is 1.50 bits per heavy atom. The van der Waals surface area contributed by atoms with Gasteiger partial charge in [-0.1, -0.05) is 51.1 Å². The number of nitrogens with one attached hydrogen (secondary N) is 1. The van der Waals surface area contributed by atoms with E-state index in [1.807, 2.05) is 39.0 Å². The molecule has 1 rings (SSSR count). The lowest BCUT2D eigenvalue weighted by Crippen LogP contribution is -2.52. The van der Waals surface area contributed by atoms with E-state index in [4.69, 9.17) is 4.43 Å². The zero-order valence-corrected chi connectivity index (χ0v) is 18.6. The summed E-state index contributed by atoms with van der Waals surface area (Å²) in [5.74, 6) is 0. The van der Waals surface area contributed by atoms with Crippen LogP contribution in [-0.2, 0) is 21.0 Å². The molecule has 1 N–H and O–H groups in total. The van der Waals surface area contributed by atoms with E-state index in [0.717, 1.165) is 5.56 Å². The summed E-state index contributed by atoms with van der Waals surface area (Å²) < 4.78 is 22.2. The number of benzene rings is 1. The zero-order valence-electron chi connectivity index (χ0n) is 16.8. The van der Waals surface area contributed by atoms with Gasteiger partial charge in [-0.3, -0.25) is 0 Å². The fourth-order valence-electron chi connectivity index (χ4n) is 1.88. The summed E-state index contributed by atoms with van der Waals surface area (Å²) in [6.07, 6.45) is 0. The predicted molar refractivity (Wildman–Crippen MR) is 108 cm³/mol. The summed E-state index contributed by atoms with van der Waals surface area (Å²) in [4.78, 5) is 0. The molecule has 0 unspecified atom stereocenters. The first-order valence-electron chi connectivity index (χ1n) is 8.58. The molecule has 0 aromatic heterocycles. The summed E-state index contributed by atoms with van der Waals surface area (Å²) in [6.45, 7) is 19.7. The second-order valence-electron chi connectivity index (χ2n) is 9.23. The molecular formula is C19H35NO2SSi. The molecule has 0 aliphatic heterocycles. The highest BCUT2D eigenvalue weighted by molar-refractivity contribution is 7.84. The molecule has 2 atom stereocenters. The standard InChI is InChI=1S/C19H35NO2SSi/c1-17(2,3)23(21)20-19(7,16-13-11-10-12-14-16)15-22-24(8,9)18(4,5)6/h10-14,20H,15H2,1-9H3/t19-,23-/m1/s1. The van der Waals surface area contributed by atoms with Gasteiger partial charge in [0.1, 0.15) is 0 Å². The van der Waals surface area contributed by atoms with Crippen LogP contribution < -0.4 is 4.72 Å². The van der Waals surface area contributed by atoms with Crippen LogP contribution in [0.2, 0.25) is 18.1 Å². The van der Waals surface area contributed by atoms with Crippen LogP contribution in [0.5, 0.6) is 0 Å². The van der Waals surface area contributed by atoms with Gasteiger partial charge in [-0.15, -0.1) is 0 Å². The molecule has 3 nitrogen and oxygen atoms in total. The third-order valence-corrected chi connectivity index (χ3v) is 11.0. The van der Waals surface area contributed by atoms with Crippen LogP contribution in [0.1, 0.15) is 54.0 Å². The molecule has 0 heterocycles. The summed E-state index contributed by atoms with van der Waals surface area (Å²) in [5, 5.41) is 0.147. The van der Waals surface area contributed by atoms with E-state index in [1.54, 1.807) is 0 Å². The van der Waals surface area contributed by atoms with Gasteiger partial charge in [-0.05, 0) is 51.4 Å².